The molecule has 0 bridgehead atoms. The summed E-state index contributed by atoms with van der Waals surface area (Å²) in [5.41, 5.74) is 15.0. The largest absolute Gasteiger partial charge is 0.263 e. The molecular formula is C90H54N6. The van der Waals surface area contributed by atoms with Crippen LogP contribution in [0.1, 0.15) is 16.8 Å². The Morgan fingerprint density at radius 2 is 0.542 bits per heavy atom. The van der Waals surface area contributed by atoms with Gasteiger partial charge in [0.15, 0.2) is 0 Å². The van der Waals surface area contributed by atoms with E-state index in [1.54, 1.807) is 24.7 Å². The topological polar surface area (TPSA) is 110 Å². The molecule has 96 heavy (non-hydrogen) atoms. The molecule has 18 aromatic rings. The monoisotopic (exact) mass is 1220 g/mol. The Morgan fingerprint density at radius 1 is 0.219 bits per heavy atom. The van der Waals surface area contributed by atoms with Gasteiger partial charge in [-0.3, -0.25) is 9.97 Å². The SMILES string of the molecule is N#Cc1cc(-c2c3ccccc3c(-c3ccccc3)c3cc4ccccc4cc23)ccn1.N#Cc1ccnc(-c2c3ccccc3c(-c3ccccc3)c3cc4ccccc4cc23)c1.N#Cc1cncc(-c2c3ccccc3c(-c3ccccc3)c3cc4ccccc4cc23)c1. The molecule has 0 N–H and O–H groups in total. The molecule has 0 saturated carbocycles. The Kier molecular flexibility index (Phi) is 15.0. The Morgan fingerprint density at radius 3 is 0.917 bits per heavy atom. The van der Waals surface area contributed by atoms with Gasteiger partial charge < -0.3 is 0 Å². The van der Waals surface area contributed by atoms with E-state index in [-0.39, 0.29) is 0 Å². The van der Waals surface area contributed by atoms with Crippen molar-refractivity contribution in [3.05, 3.63) is 345 Å². The lowest BCUT2D eigenvalue weighted by Gasteiger charge is -2.18. The van der Waals surface area contributed by atoms with Crippen molar-refractivity contribution < 1.29 is 0 Å². The molecule has 15 aromatic carbocycles. The summed E-state index contributed by atoms with van der Waals surface area (Å²) in [5, 5.41) is 49.8. The predicted octanol–water partition coefficient (Wildman–Crippen LogP) is 23.2. The number of nitriles is 3. The van der Waals surface area contributed by atoms with Crippen molar-refractivity contribution in [3.63, 3.8) is 0 Å². The highest BCUT2D eigenvalue weighted by Gasteiger charge is 2.22. The van der Waals surface area contributed by atoms with E-state index in [0.29, 0.717) is 16.8 Å². The highest BCUT2D eigenvalue weighted by Crippen LogP contribution is 2.48. The molecule has 18 rings (SSSR count). The summed E-state index contributed by atoms with van der Waals surface area (Å²) in [6.07, 6.45) is 6.92. The van der Waals surface area contributed by atoms with Gasteiger partial charge in [0.1, 0.15) is 17.8 Å². The van der Waals surface area contributed by atoms with Crippen molar-refractivity contribution in [1.82, 2.24) is 15.0 Å². The maximum Gasteiger partial charge on any atom is 0.141 e. The quantitative estimate of drug-likeness (QED) is 0.153. The molecule has 0 amide bonds. The molecule has 6 nitrogen and oxygen atoms in total. The van der Waals surface area contributed by atoms with Gasteiger partial charge >= 0.3 is 0 Å². The molecule has 3 aromatic heterocycles. The average molecular weight is 1220 g/mol. The minimum atomic E-state index is 0.424. The fraction of sp³-hybridized carbons (Fsp3) is 0. The Balaban J connectivity index is 0.000000113. The van der Waals surface area contributed by atoms with Crippen molar-refractivity contribution in [3.8, 4) is 85.1 Å². The van der Waals surface area contributed by atoms with Crippen LogP contribution in [0, 0.1) is 34.0 Å². The van der Waals surface area contributed by atoms with Crippen LogP contribution in [0.2, 0.25) is 0 Å². The number of aromatic nitrogens is 3. The normalized spacial score (nSPS) is 11.1. The van der Waals surface area contributed by atoms with Gasteiger partial charge in [0.05, 0.1) is 22.9 Å². The van der Waals surface area contributed by atoms with E-state index < -0.39 is 0 Å². The van der Waals surface area contributed by atoms with Crippen molar-refractivity contribution in [2.75, 3.05) is 0 Å². The minimum absolute atomic E-state index is 0.424. The molecule has 444 valence electrons. The van der Waals surface area contributed by atoms with Gasteiger partial charge in [-0.15, -0.1) is 0 Å². The zero-order chi connectivity index (χ0) is 64.5. The van der Waals surface area contributed by atoms with Gasteiger partial charge in [-0.05, 0) is 214 Å². The van der Waals surface area contributed by atoms with E-state index >= 15 is 0 Å². The summed E-state index contributed by atoms with van der Waals surface area (Å²) in [7, 11) is 0. The third-order valence-electron chi connectivity index (χ3n) is 18.3. The van der Waals surface area contributed by atoms with E-state index in [9.17, 15) is 15.8 Å². The van der Waals surface area contributed by atoms with Gasteiger partial charge in [0.2, 0.25) is 0 Å². The Bertz CT molecular complexity index is 5630. The molecule has 6 heteroatoms. The van der Waals surface area contributed by atoms with E-state index in [2.05, 4.69) is 306 Å². The van der Waals surface area contributed by atoms with Gasteiger partial charge in [-0.25, -0.2) is 4.98 Å². The summed E-state index contributed by atoms with van der Waals surface area (Å²) in [4.78, 5) is 13.3. The number of pyridine rings is 3. The second-order valence-electron chi connectivity index (χ2n) is 23.9. The van der Waals surface area contributed by atoms with Crippen LogP contribution in [0.15, 0.2) is 328 Å². The van der Waals surface area contributed by atoms with Crippen LogP contribution in [-0.4, -0.2) is 15.0 Å². The van der Waals surface area contributed by atoms with Crippen LogP contribution in [-0.2, 0) is 0 Å². The highest BCUT2D eigenvalue weighted by atomic mass is 14.7. The van der Waals surface area contributed by atoms with E-state index in [0.717, 1.165) is 55.1 Å². The minimum Gasteiger partial charge on any atom is -0.263 e. The first-order chi connectivity index (χ1) is 47.5. The Labute approximate surface area is 554 Å². The summed E-state index contributed by atoms with van der Waals surface area (Å²) >= 11 is 0. The number of hydrogen-bond donors (Lipinski definition) is 0. The standard InChI is InChI=1S/3C30H18N2/c31-17-20-14-24(19-32-18-20)30-26-13-7-6-12-25(26)29(21-8-2-1-3-9-21)27-15-22-10-4-5-11-23(22)16-28(27)30;31-19-20-14-15-32-28(16-20)30-25-13-7-6-12-24(25)29(21-8-2-1-3-9-21)26-17-22-10-4-5-11-23(22)18-27(26)30;31-19-24-16-23(14-15-32-24)30-26-13-7-6-12-25(26)29(20-8-2-1-3-9-20)27-17-21-10-4-5-11-22(21)18-28(27)30/h1-16,18-19H;2*1-18H. The summed E-state index contributed by atoms with van der Waals surface area (Å²) in [6, 6.07) is 113. The molecule has 0 aliphatic rings. The fourth-order valence-electron chi connectivity index (χ4n) is 14.2. The summed E-state index contributed by atoms with van der Waals surface area (Å²) < 4.78 is 0. The zero-order valence-electron chi connectivity index (χ0n) is 51.9. The smallest absolute Gasteiger partial charge is 0.141 e. The number of hydrogen-bond acceptors (Lipinski definition) is 6. The van der Waals surface area contributed by atoms with Gasteiger partial charge in [0.25, 0.3) is 0 Å². The second kappa shape index (κ2) is 25.0. The molecule has 0 unspecified atom stereocenters. The van der Waals surface area contributed by atoms with Crippen LogP contribution in [0.5, 0.6) is 0 Å². The molecule has 0 aliphatic carbocycles. The summed E-state index contributed by atoms with van der Waals surface area (Å²) in [6.45, 7) is 0. The first-order valence-electron chi connectivity index (χ1n) is 31.9. The Hall–Kier alpha value is -13.4. The lowest BCUT2D eigenvalue weighted by atomic mass is 9.85. The maximum atomic E-state index is 9.49. The molecule has 0 spiro atoms. The maximum absolute atomic E-state index is 9.49. The van der Waals surface area contributed by atoms with Gasteiger partial charge in [-0.1, -0.05) is 237 Å². The second-order valence-corrected chi connectivity index (χ2v) is 23.9. The van der Waals surface area contributed by atoms with Crippen molar-refractivity contribution >= 4 is 97.0 Å². The van der Waals surface area contributed by atoms with Crippen LogP contribution < -0.4 is 0 Å². The first-order valence-corrected chi connectivity index (χ1v) is 31.9. The van der Waals surface area contributed by atoms with Gasteiger partial charge in [0, 0.05) is 35.9 Å². The van der Waals surface area contributed by atoms with Crippen LogP contribution >= 0.6 is 0 Å². The van der Waals surface area contributed by atoms with E-state index in [1.807, 2.05) is 30.5 Å². The third kappa shape index (κ3) is 10.5. The van der Waals surface area contributed by atoms with Crippen LogP contribution in [0.3, 0.4) is 0 Å². The summed E-state index contributed by atoms with van der Waals surface area (Å²) in [5.74, 6) is 0. The number of rotatable bonds is 6. The first kappa shape index (κ1) is 57.7. The van der Waals surface area contributed by atoms with Crippen molar-refractivity contribution in [2.45, 2.75) is 0 Å². The zero-order valence-corrected chi connectivity index (χ0v) is 51.9. The number of nitrogens with zero attached hydrogens (tertiary/aromatic N) is 6. The van der Waals surface area contributed by atoms with Crippen molar-refractivity contribution in [1.29, 1.82) is 15.8 Å². The van der Waals surface area contributed by atoms with Crippen molar-refractivity contribution in [2.24, 2.45) is 0 Å². The molecule has 0 atom stereocenters. The van der Waals surface area contributed by atoms with Crippen LogP contribution in [0.25, 0.3) is 164 Å². The lowest BCUT2D eigenvalue weighted by Crippen LogP contribution is -1.93. The number of fused-ring (bicyclic) bond motifs is 9. The highest BCUT2D eigenvalue weighted by molar-refractivity contribution is 6.26. The van der Waals surface area contributed by atoms with Crippen LogP contribution in [0.4, 0.5) is 0 Å². The number of benzene rings is 15. The van der Waals surface area contributed by atoms with E-state index in [1.165, 1.54) is 109 Å². The molecular weight excluding hydrogens is 1170 g/mol. The molecule has 0 fully saturated rings. The fourth-order valence-corrected chi connectivity index (χ4v) is 14.2. The predicted molar refractivity (Wildman–Crippen MR) is 397 cm³/mol. The third-order valence-corrected chi connectivity index (χ3v) is 18.3. The lowest BCUT2D eigenvalue weighted by molar-refractivity contribution is 1.27. The molecule has 0 saturated heterocycles. The molecule has 3 heterocycles. The van der Waals surface area contributed by atoms with Gasteiger partial charge in [-0.2, -0.15) is 15.8 Å². The average Bonchev–Trinajstić information content (AvgIpc) is 0.746. The molecule has 0 radical (unpaired) electrons. The molecule has 0 aliphatic heterocycles. The van der Waals surface area contributed by atoms with E-state index in [4.69, 9.17) is 0 Å².